The normalized spacial score (nSPS) is 15.1. The van der Waals surface area contributed by atoms with Gasteiger partial charge in [-0.15, -0.1) is 0 Å². The fourth-order valence-corrected chi connectivity index (χ4v) is 3.70. The van der Waals surface area contributed by atoms with Gasteiger partial charge in [-0.3, -0.25) is 4.79 Å². The molecule has 0 saturated carbocycles. The van der Waals surface area contributed by atoms with Crippen molar-refractivity contribution in [1.29, 1.82) is 0 Å². The Morgan fingerprint density at radius 2 is 1.85 bits per heavy atom. The summed E-state index contributed by atoms with van der Waals surface area (Å²) in [5, 5.41) is 49.5. The second-order valence-corrected chi connectivity index (χ2v) is 8.16. The van der Waals surface area contributed by atoms with Crippen LogP contribution in [0.25, 0.3) is 11.0 Å². The second kappa shape index (κ2) is 11.5. The zero-order chi connectivity index (χ0) is 24.8. The number of aliphatic hydroxyl groups is 4. The van der Waals surface area contributed by atoms with E-state index in [4.69, 9.17) is 19.0 Å². The van der Waals surface area contributed by atoms with E-state index in [1.165, 1.54) is 13.0 Å². The van der Waals surface area contributed by atoms with Gasteiger partial charge in [0, 0.05) is 11.8 Å². The molecule has 0 saturated heterocycles. The van der Waals surface area contributed by atoms with E-state index in [1.54, 1.807) is 19.3 Å². The minimum Gasteiger partial charge on any atom is -0.507 e. The minimum absolute atomic E-state index is 0.00179. The number of phenols is 1. The molecule has 2 aromatic carbocycles. The number of ether oxygens (including phenoxy) is 2. The van der Waals surface area contributed by atoms with Crippen LogP contribution in [0.5, 0.6) is 11.5 Å². The number of carbonyl (C=O) groups excluding carboxylic acids is 1. The van der Waals surface area contributed by atoms with Crippen LogP contribution >= 0.6 is 0 Å². The Hall–Kier alpha value is -2.95. The SMILES string of the molecule is Cc1cc(O)c(C(=O)CCc2ccc3occc3c2)c(OC(C)OC(CO)C(O)C(O)CO)c1. The van der Waals surface area contributed by atoms with Gasteiger partial charge in [0.2, 0.25) is 0 Å². The molecule has 5 N–H and O–H groups in total. The molecule has 4 atom stereocenters. The first-order valence-corrected chi connectivity index (χ1v) is 11.0. The van der Waals surface area contributed by atoms with Crippen molar-refractivity contribution in [2.24, 2.45) is 0 Å². The molecule has 0 fully saturated rings. The molecule has 0 spiro atoms. The number of furan rings is 1. The molecule has 4 unspecified atom stereocenters. The topological polar surface area (TPSA) is 150 Å². The number of Topliss-reactive ketones (excluding diaryl/α,β-unsaturated/α-hetero) is 1. The van der Waals surface area contributed by atoms with Crippen LogP contribution in [0.3, 0.4) is 0 Å². The van der Waals surface area contributed by atoms with Crippen LogP contribution in [-0.2, 0) is 11.2 Å². The Labute approximate surface area is 196 Å². The standard InChI is InChI=1S/C25H30O9/c1-14-9-19(29)24(18(28)5-3-16-4-6-21-17(11-16)7-8-32-21)22(10-14)33-15(2)34-23(13-27)25(31)20(30)12-26/h4,6-11,15,20,23,25-27,29-31H,3,5,12-13H2,1-2H3. The third-order valence-electron chi connectivity index (χ3n) is 5.46. The van der Waals surface area contributed by atoms with Gasteiger partial charge < -0.3 is 39.4 Å². The zero-order valence-electron chi connectivity index (χ0n) is 19.0. The van der Waals surface area contributed by atoms with Crippen molar-refractivity contribution in [3.63, 3.8) is 0 Å². The lowest BCUT2D eigenvalue weighted by Gasteiger charge is -2.28. The van der Waals surface area contributed by atoms with Crippen LogP contribution in [0.4, 0.5) is 0 Å². The van der Waals surface area contributed by atoms with Gasteiger partial charge in [0.05, 0.1) is 19.5 Å². The summed E-state index contributed by atoms with van der Waals surface area (Å²) in [6.07, 6.45) is -3.21. The Balaban J connectivity index is 1.73. The van der Waals surface area contributed by atoms with E-state index >= 15 is 0 Å². The van der Waals surface area contributed by atoms with Gasteiger partial charge in [0.15, 0.2) is 12.1 Å². The van der Waals surface area contributed by atoms with Gasteiger partial charge >= 0.3 is 0 Å². The number of benzene rings is 2. The number of fused-ring (bicyclic) bond motifs is 1. The maximum absolute atomic E-state index is 13.0. The summed E-state index contributed by atoms with van der Waals surface area (Å²) >= 11 is 0. The van der Waals surface area contributed by atoms with Gasteiger partial charge in [-0.25, -0.2) is 0 Å². The summed E-state index contributed by atoms with van der Waals surface area (Å²) in [6, 6.07) is 10.5. The lowest BCUT2D eigenvalue weighted by atomic mass is 9.99. The third kappa shape index (κ3) is 6.13. The molecule has 0 radical (unpaired) electrons. The van der Waals surface area contributed by atoms with Crippen molar-refractivity contribution >= 4 is 16.8 Å². The summed E-state index contributed by atoms with van der Waals surface area (Å²) in [6.45, 7) is 1.85. The number of aliphatic hydroxyl groups excluding tert-OH is 4. The van der Waals surface area contributed by atoms with Crippen LogP contribution in [0.15, 0.2) is 47.1 Å². The Bertz CT molecular complexity index is 1110. The van der Waals surface area contributed by atoms with Gasteiger partial charge in [0.25, 0.3) is 0 Å². The summed E-state index contributed by atoms with van der Waals surface area (Å²) < 4.78 is 16.5. The molecular weight excluding hydrogens is 444 g/mol. The van der Waals surface area contributed by atoms with E-state index in [-0.39, 0.29) is 29.3 Å². The van der Waals surface area contributed by atoms with Crippen LogP contribution in [0.1, 0.15) is 34.8 Å². The highest BCUT2D eigenvalue weighted by atomic mass is 16.7. The molecule has 9 nitrogen and oxygen atoms in total. The monoisotopic (exact) mass is 474 g/mol. The van der Waals surface area contributed by atoms with Crippen molar-refractivity contribution in [3.05, 3.63) is 59.4 Å². The minimum atomic E-state index is -1.55. The molecule has 184 valence electrons. The number of rotatable bonds is 12. The first-order valence-electron chi connectivity index (χ1n) is 11.0. The summed E-state index contributed by atoms with van der Waals surface area (Å²) in [4.78, 5) is 13.0. The zero-order valence-corrected chi connectivity index (χ0v) is 19.0. The first-order chi connectivity index (χ1) is 16.2. The lowest BCUT2D eigenvalue weighted by Crippen LogP contribution is -2.45. The molecule has 1 heterocycles. The molecule has 34 heavy (non-hydrogen) atoms. The van der Waals surface area contributed by atoms with Gasteiger partial charge in [-0.1, -0.05) is 6.07 Å². The molecule has 0 amide bonds. The molecule has 0 aliphatic rings. The predicted molar refractivity (Wildman–Crippen MR) is 123 cm³/mol. The van der Waals surface area contributed by atoms with Crippen LogP contribution < -0.4 is 4.74 Å². The second-order valence-electron chi connectivity index (χ2n) is 8.16. The molecule has 9 heteroatoms. The Morgan fingerprint density at radius 1 is 1.09 bits per heavy atom. The average Bonchev–Trinajstić information content (AvgIpc) is 3.27. The highest BCUT2D eigenvalue weighted by Crippen LogP contribution is 2.32. The summed E-state index contributed by atoms with van der Waals surface area (Å²) in [5.74, 6) is -0.470. The summed E-state index contributed by atoms with van der Waals surface area (Å²) in [5.41, 5.74) is 2.35. The smallest absolute Gasteiger partial charge is 0.197 e. The maximum atomic E-state index is 13.0. The van der Waals surface area contributed by atoms with Crippen LogP contribution in [0.2, 0.25) is 0 Å². The third-order valence-corrected chi connectivity index (χ3v) is 5.46. The number of aryl methyl sites for hydroxylation is 2. The quantitative estimate of drug-likeness (QED) is 0.196. The Morgan fingerprint density at radius 3 is 2.56 bits per heavy atom. The van der Waals surface area contributed by atoms with E-state index in [9.17, 15) is 25.2 Å². The largest absolute Gasteiger partial charge is 0.507 e. The van der Waals surface area contributed by atoms with E-state index in [0.29, 0.717) is 12.0 Å². The first kappa shape index (κ1) is 25.7. The van der Waals surface area contributed by atoms with E-state index in [0.717, 1.165) is 16.5 Å². The van der Waals surface area contributed by atoms with Crippen molar-refractivity contribution in [2.45, 2.75) is 51.3 Å². The maximum Gasteiger partial charge on any atom is 0.197 e. The molecule has 0 bridgehead atoms. The van der Waals surface area contributed by atoms with Crippen LogP contribution in [-0.4, -0.2) is 69.1 Å². The van der Waals surface area contributed by atoms with E-state index < -0.39 is 37.8 Å². The fraction of sp³-hybridized carbons (Fsp3) is 0.400. The lowest BCUT2D eigenvalue weighted by molar-refractivity contribution is -0.177. The average molecular weight is 475 g/mol. The highest BCUT2D eigenvalue weighted by molar-refractivity contribution is 6.01. The van der Waals surface area contributed by atoms with Crippen molar-refractivity contribution in [1.82, 2.24) is 0 Å². The number of ketones is 1. The van der Waals surface area contributed by atoms with E-state index in [1.807, 2.05) is 24.3 Å². The van der Waals surface area contributed by atoms with Gasteiger partial charge in [0.1, 0.15) is 41.0 Å². The molecule has 1 aromatic heterocycles. The number of aromatic hydroxyl groups is 1. The highest BCUT2D eigenvalue weighted by Gasteiger charge is 2.29. The number of hydrogen-bond donors (Lipinski definition) is 5. The predicted octanol–water partition coefficient (Wildman–Crippen LogP) is 2.08. The summed E-state index contributed by atoms with van der Waals surface area (Å²) in [7, 11) is 0. The number of phenolic OH excluding ortho intramolecular Hbond substituents is 1. The van der Waals surface area contributed by atoms with E-state index in [2.05, 4.69) is 0 Å². The number of carbonyl (C=O) groups is 1. The van der Waals surface area contributed by atoms with Crippen molar-refractivity contribution < 1.29 is 44.2 Å². The van der Waals surface area contributed by atoms with Crippen molar-refractivity contribution in [3.8, 4) is 11.5 Å². The molecule has 3 rings (SSSR count). The molecular formula is C25H30O9. The van der Waals surface area contributed by atoms with Crippen molar-refractivity contribution in [2.75, 3.05) is 13.2 Å². The number of hydrogen-bond acceptors (Lipinski definition) is 9. The van der Waals surface area contributed by atoms with Gasteiger partial charge in [-0.05, 0) is 61.7 Å². The molecule has 3 aromatic rings. The fourth-order valence-electron chi connectivity index (χ4n) is 3.70. The molecule has 0 aliphatic heterocycles. The van der Waals surface area contributed by atoms with Gasteiger partial charge in [-0.2, -0.15) is 0 Å². The van der Waals surface area contributed by atoms with Crippen LogP contribution in [0, 0.1) is 6.92 Å². The molecule has 0 aliphatic carbocycles. The Kier molecular flexibility index (Phi) is 8.65.